The lowest BCUT2D eigenvalue weighted by atomic mass is 10.1. The lowest BCUT2D eigenvalue weighted by Crippen LogP contribution is -2.03. The van der Waals surface area contributed by atoms with E-state index in [0.29, 0.717) is 0 Å². The Hall–Kier alpha value is -1.28. The van der Waals surface area contributed by atoms with Gasteiger partial charge >= 0.3 is 0 Å². The van der Waals surface area contributed by atoms with Crippen molar-refractivity contribution in [2.24, 2.45) is 5.73 Å². The van der Waals surface area contributed by atoms with Gasteiger partial charge in [0, 0.05) is 23.6 Å². The van der Waals surface area contributed by atoms with Crippen molar-refractivity contribution < 1.29 is 0 Å². The van der Waals surface area contributed by atoms with E-state index in [1.165, 1.54) is 29.3 Å². The van der Waals surface area contributed by atoms with Crippen LogP contribution in [0.15, 0.2) is 30.5 Å². The third kappa shape index (κ3) is 2.12. The summed E-state index contributed by atoms with van der Waals surface area (Å²) in [4.78, 5) is 0. The molecular weight excluding hydrogens is 196 g/mol. The summed E-state index contributed by atoms with van der Waals surface area (Å²) >= 11 is 0. The minimum absolute atomic E-state index is 0.721. The highest BCUT2D eigenvalue weighted by Crippen LogP contribution is 2.21. The molecule has 0 unspecified atom stereocenters. The topological polar surface area (TPSA) is 30.9 Å². The molecule has 2 N–H and O–H groups in total. The Labute approximate surface area is 97.1 Å². The Morgan fingerprint density at radius 1 is 1.25 bits per heavy atom. The van der Waals surface area contributed by atoms with Crippen molar-refractivity contribution in [3.8, 4) is 0 Å². The van der Waals surface area contributed by atoms with Gasteiger partial charge in [-0.25, -0.2) is 0 Å². The van der Waals surface area contributed by atoms with Gasteiger partial charge in [0.1, 0.15) is 0 Å². The minimum Gasteiger partial charge on any atom is -0.347 e. The van der Waals surface area contributed by atoms with Gasteiger partial charge in [-0.05, 0) is 37.1 Å². The van der Waals surface area contributed by atoms with Crippen LogP contribution in [0.1, 0.15) is 25.3 Å². The number of hydrogen-bond donors (Lipinski definition) is 1. The molecule has 2 nitrogen and oxygen atoms in total. The second-order valence-electron chi connectivity index (χ2n) is 4.25. The summed E-state index contributed by atoms with van der Waals surface area (Å²) in [5.74, 6) is 0. The maximum absolute atomic E-state index is 5.63. The number of benzene rings is 1. The van der Waals surface area contributed by atoms with E-state index in [9.17, 15) is 0 Å². The summed E-state index contributed by atoms with van der Waals surface area (Å²) in [7, 11) is 0. The molecule has 2 aromatic rings. The van der Waals surface area contributed by atoms with Crippen LogP contribution in [0, 0.1) is 0 Å². The molecule has 1 heterocycles. The molecule has 0 aliphatic heterocycles. The van der Waals surface area contributed by atoms with Crippen molar-refractivity contribution in [2.75, 3.05) is 6.54 Å². The Kier molecular flexibility index (Phi) is 3.62. The summed E-state index contributed by atoms with van der Waals surface area (Å²) in [6, 6.07) is 8.73. The maximum atomic E-state index is 5.63. The van der Waals surface area contributed by atoms with Crippen molar-refractivity contribution in [2.45, 2.75) is 32.7 Å². The molecule has 1 aromatic carbocycles. The highest BCUT2D eigenvalue weighted by molar-refractivity contribution is 5.83. The van der Waals surface area contributed by atoms with Crippen molar-refractivity contribution in [3.05, 3.63) is 36.0 Å². The third-order valence-corrected chi connectivity index (χ3v) is 3.07. The molecule has 0 saturated carbocycles. The van der Waals surface area contributed by atoms with Gasteiger partial charge in [0.25, 0.3) is 0 Å². The smallest absolute Gasteiger partial charge is 0.0483 e. The monoisotopic (exact) mass is 216 g/mol. The van der Waals surface area contributed by atoms with Crippen LogP contribution < -0.4 is 5.73 Å². The average Bonchev–Trinajstić information content (AvgIpc) is 2.71. The highest BCUT2D eigenvalue weighted by Gasteiger charge is 2.04. The maximum Gasteiger partial charge on any atom is 0.0483 e. The van der Waals surface area contributed by atoms with Crippen LogP contribution in [0.3, 0.4) is 0 Å². The molecule has 0 spiro atoms. The summed E-state index contributed by atoms with van der Waals surface area (Å²) in [5, 5.41) is 1.36. The first-order valence-corrected chi connectivity index (χ1v) is 6.13. The first kappa shape index (κ1) is 11.2. The predicted molar refractivity (Wildman–Crippen MR) is 69.6 cm³/mol. The Morgan fingerprint density at radius 2 is 2.12 bits per heavy atom. The first-order chi connectivity index (χ1) is 7.86. The molecule has 2 rings (SSSR count). The lowest BCUT2D eigenvalue weighted by Gasteiger charge is -2.06. The largest absolute Gasteiger partial charge is 0.347 e. The zero-order valence-electron chi connectivity index (χ0n) is 9.95. The predicted octanol–water partition coefficient (Wildman–Crippen LogP) is 2.94. The first-order valence-electron chi connectivity index (χ1n) is 6.13. The van der Waals surface area contributed by atoms with Crippen molar-refractivity contribution in [3.63, 3.8) is 0 Å². The molecule has 0 bridgehead atoms. The SMILES string of the molecule is CCCCn1ccc2c(CCN)cccc21. The number of aryl methyl sites for hydroxylation is 1. The molecule has 0 fully saturated rings. The van der Waals surface area contributed by atoms with Gasteiger partial charge in [0.2, 0.25) is 0 Å². The van der Waals surface area contributed by atoms with Crippen molar-refractivity contribution >= 4 is 10.9 Å². The molecule has 86 valence electrons. The Morgan fingerprint density at radius 3 is 2.88 bits per heavy atom. The van der Waals surface area contributed by atoms with Gasteiger partial charge in [-0.3, -0.25) is 0 Å². The van der Waals surface area contributed by atoms with Gasteiger partial charge in [-0.15, -0.1) is 0 Å². The van der Waals surface area contributed by atoms with Gasteiger partial charge in [0.15, 0.2) is 0 Å². The number of fused-ring (bicyclic) bond motifs is 1. The number of aromatic nitrogens is 1. The normalized spacial score (nSPS) is 11.1. The molecule has 2 heteroatoms. The molecule has 1 aromatic heterocycles. The molecular formula is C14H20N2. The van der Waals surface area contributed by atoms with E-state index in [1.807, 2.05) is 0 Å². The van der Waals surface area contributed by atoms with E-state index in [2.05, 4.69) is 42.0 Å². The van der Waals surface area contributed by atoms with Crippen LogP contribution >= 0.6 is 0 Å². The third-order valence-electron chi connectivity index (χ3n) is 3.07. The molecule has 0 aliphatic rings. The van der Waals surface area contributed by atoms with Crippen LogP contribution in [0.25, 0.3) is 10.9 Å². The molecule has 0 radical (unpaired) electrons. The Bertz CT molecular complexity index is 457. The quantitative estimate of drug-likeness (QED) is 0.818. The van der Waals surface area contributed by atoms with E-state index in [4.69, 9.17) is 5.73 Å². The second-order valence-corrected chi connectivity index (χ2v) is 4.25. The fourth-order valence-corrected chi connectivity index (χ4v) is 2.18. The Balaban J connectivity index is 2.36. The fourth-order valence-electron chi connectivity index (χ4n) is 2.18. The summed E-state index contributed by atoms with van der Waals surface area (Å²) < 4.78 is 2.35. The number of nitrogens with two attached hydrogens (primary N) is 1. The van der Waals surface area contributed by atoms with E-state index < -0.39 is 0 Å². The van der Waals surface area contributed by atoms with Crippen molar-refractivity contribution in [1.29, 1.82) is 0 Å². The standard InChI is InChI=1S/C14H20N2/c1-2-3-10-16-11-8-13-12(7-9-15)5-4-6-14(13)16/h4-6,8,11H,2-3,7,9-10,15H2,1H3. The van der Waals surface area contributed by atoms with Crippen LogP contribution in [0.2, 0.25) is 0 Å². The van der Waals surface area contributed by atoms with Crippen molar-refractivity contribution in [1.82, 2.24) is 4.57 Å². The second kappa shape index (κ2) is 5.17. The lowest BCUT2D eigenvalue weighted by molar-refractivity contribution is 0.650. The average molecular weight is 216 g/mol. The van der Waals surface area contributed by atoms with Crippen LogP contribution in [-0.2, 0) is 13.0 Å². The number of rotatable bonds is 5. The summed E-state index contributed by atoms with van der Waals surface area (Å²) in [6.45, 7) is 4.07. The van der Waals surface area contributed by atoms with Gasteiger partial charge in [-0.2, -0.15) is 0 Å². The fraction of sp³-hybridized carbons (Fsp3) is 0.429. The van der Waals surface area contributed by atoms with Crippen LogP contribution in [-0.4, -0.2) is 11.1 Å². The van der Waals surface area contributed by atoms with E-state index >= 15 is 0 Å². The zero-order chi connectivity index (χ0) is 11.4. The molecule has 0 atom stereocenters. The number of nitrogens with zero attached hydrogens (tertiary/aromatic N) is 1. The zero-order valence-corrected chi connectivity index (χ0v) is 9.95. The van der Waals surface area contributed by atoms with E-state index in [0.717, 1.165) is 19.5 Å². The van der Waals surface area contributed by atoms with Crippen LogP contribution in [0.5, 0.6) is 0 Å². The number of unbranched alkanes of at least 4 members (excludes halogenated alkanes) is 1. The molecule has 0 amide bonds. The van der Waals surface area contributed by atoms with Gasteiger partial charge < -0.3 is 10.3 Å². The molecule has 16 heavy (non-hydrogen) atoms. The van der Waals surface area contributed by atoms with E-state index in [-0.39, 0.29) is 0 Å². The highest BCUT2D eigenvalue weighted by atomic mass is 14.9. The summed E-state index contributed by atoms with van der Waals surface area (Å²) in [5.41, 5.74) is 8.35. The van der Waals surface area contributed by atoms with Gasteiger partial charge in [-0.1, -0.05) is 25.5 Å². The van der Waals surface area contributed by atoms with Crippen LogP contribution in [0.4, 0.5) is 0 Å². The molecule has 0 aliphatic carbocycles. The van der Waals surface area contributed by atoms with E-state index in [1.54, 1.807) is 0 Å². The molecule has 0 saturated heterocycles. The van der Waals surface area contributed by atoms with Gasteiger partial charge in [0.05, 0.1) is 0 Å². The number of hydrogen-bond acceptors (Lipinski definition) is 1. The summed E-state index contributed by atoms with van der Waals surface area (Å²) in [6.07, 6.45) is 5.64. The minimum atomic E-state index is 0.721.